The van der Waals surface area contributed by atoms with Crippen molar-refractivity contribution >= 4 is 23.1 Å². The molecule has 0 spiro atoms. The average Bonchev–Trinajstić information content (AvgIpc) is 2.40. The van der Waals surface area contributed by atoms with Crippen LogP contribution in [0.5, 0.6) is 0 Å². The van der Waals surface area contributed by atoms with Gasteiger partial charge < -0.3 is 16.4 Å². The van der Waals surface area contributed by atoms with E-state index in [0.717, 1.165) is 5.56 Å². The summed E-state index contributed by atoms with van der Waals surface area (Å²) in [5.74, 6) is 1.80. The third-order valence-corrected chi connectivity index (χ3v) is 2.46. The van der Waals surface area contributed by atoms with Gasteiger partial charge in [0.1, 0.15) is 17.8 Å². The number of aromatic nitrogens is 3. The lowest BCUT2D eigenvalue weighted by molar-refractivity contribution is 1.14. The molecule has 0 aliphatic rings. The lowest BCUT2D eigenvalue weighted by atomic mass is 10.3. The van der Waals surface area contributed by atoms with Gasteiger partial charge >= 0.3 is 0 Å². The molecule has 0 saturated heterocycles. The fourth-order valence-electron chi connectivity index (χ4n) is 1.53. The fourth-order valence-corrected chi connectivity index (χ4v) is 1.53. The quantitative estimate of drug-likeness (QED) is 0.710. The van der Waals surface area contributed by atoms with Crippen LogP contribution in [0.25, 0.3) is 0 Å². The van der Waals surface area contributed by atoms with Crippen molar-refractivity contribution in [3.8, 4) is 0 Å². The zero-order chi connectivity index (χ0) is 13.7. The van der Waals surface area contributed by atoms with Crippen LogP contribution in [0.15, 0.2) is 37.3 Å². The maximum Gasteiger partial charge on any atom is 0.160 e. The summed E-state index contributed by atoms with van der Waals surface area (Å²) >= 11 is 0. The number of hydrogen-bond acceptors (Lipinski definition) is 6. The fraction of sp³-hybridized carbons (Fsp3) is 0.154. The molecule has 2 aromatic heterocycles. The van der Waals surface area contributed by atoms with Gasteiger partial charge in [-0.2, -0.15) is 0 Å². The molecule has 0 fully saturated rings. The molecule has 2 aromatic rings. The first-order valence-corrected chi connectivity index (χ1v) is 5.85. The zero-order valence-electron chi connectivity index (χ0n) is 10.7. The molecule has 0 aromatic carbocycles. The molecule has 6 heteroatoms. The van der Waals surface area contributed by atoms with Gasteiger partial charge in [-0.1, -0.05) is 6.08 Å². The average molecular weight is 256 g/mol. The Morgan fingerprint density at radius 1 is 1.32 bits per heavy atom. The third-order valence-electron chi connectivity index (χ3n) is 2.46. The van der Waals surface area contributed by atoms with Gasteiger partial charge in [0.15, 0.2) is 11.6 Å². The second-order valence-corrected chi connectivity index (χ2v) is 4.00. The first kappa shape index (κ1) is 12.8. The van der Waals surface area contributed by atoms with Gasteiger partial charge in [-0.05, 0) is 24.6 Å². The number of nitrogen functional groups attached to an aromatic ring is 1. The van der Waals surface area contributed by atoms with Crippen molar-refractivity contribution in [3.63, 3.8) is 0 Å². The number of pyridine rings is 1. The summed E-state index contributed by atoms with van der Waals surface area (Å²) in [5, 5.41) is 6.12. The van der Waals surface area contributed by atoms with Crippen LogP contribution in [0.2, 0.25) is 0 Å². The Balaban J connectivity index is 2.23. The molecule has 4 N–H and O–H groups in total. The normalized spacial score (nSPS) is 9.95. The molecule has 0 unspecified atom stereocenters. The third kappa shape index (κ3) is 3.19. The first-order valence-electron chi connectivity index (χ1n) is 5.85. The summed E-state index contributed by atoms with van der Waals surface area (Å²) in [5.41, 5.74) is 7.56. The number of hydrogen-bond donors (Lipinski definition) is 3. The van der Waals surface area contributed by atoms with Crippen molar-refractivity contribution in [2.24, 2.45) is 0 Å². The van der Waals surface area contributed by atoms with Crippen molar-refractivity contribution in [2.45, 2.75) is 6.92 Å². The monoisotopic (exact) mass is 256 g/mol. The van der Waals surface area contributed by atoms with Crippen LogP contribution in [-0.2, 0) is 0 Å². The number of nitrogens with two attached hydrogens (primary N) is 1. The SMILES string of the molecule is C=CCNc1ncnc(Nc2cc(C)ccn2)c1N. The van der Waals surface area contributed by atoms with Crippen molar-refractivity contribution in [1.82, 2.24) is 15.0 Å². The molecule has 0 saturated carbocycles. The maximum atomic E-state index is 6.00. The van der Waals surface area contributed by atoms with E-state index >= 15 is 0 Å². The summed E-state index contributed by atoms with van der Waals surface area (Å²) in [4.78, 5) is 12.4. The molecule has 0 amide bonds. The molecule has 0 aliphatic carbocycles. The minimum absolute atomic E-state index is 0.452. The molecular formula is C13H16N6. The van der Waals surface area contributed by atoms with E-state index in [2.05, 4.69) is 32.2 Å². The standard InChI is InChI=1S/C13H16N6/c1-3-5-16-12-11(14)13(18-8-17-12)19-10-7-9(2)4-6-15-10/h3-4,6-8H,1,5,14H2,2H3,(H2,15,16,17,18,19). The minimum atomic E-state index is 0.452. The van der Waals surface area contributed by atoms with Gasteiger partial charge in [0.2, 0.25) is 0 Å². The van der Waals surface area contributed by atoms with E-state index in [4.69, 9.17) is 5.73 Å². The first-order chi connectivity index (χ1) is 9.20. The highest BCUT2D eigenvalue weighted by atomic mass is 15.1. The van der Waals surface area contributed by atoms with Crippen molar-refractivity contribution < 1.29 is 0 Å². The van der Waals surface area contributed by atoms with E-state index < -0.39 is 0 Å². The van der Waals surface area contributed by atoms with Crippen LogP contribution in [0, 0.1) is 6.92 Å². The Bertz CT molecular complexity index is 581. The molecule has 0 radical (unpaired) electrons. The van der Waals surface area contributed by atoms with E-state index in [-0.39, 0.29) is 0 Å². The predicted octanol–water partition coefficient (Wildman–Crippen LogP) is 2.10. The largest absolute Gasteiger partial charge is 0.393 e. The second kappa shape index (κ2) is 5.81. The summed E-state index contributed by atoms with van der Waals surface area (Å²) in [6.45, 7) is 6.21. The Labute approximate surface area is 111 Å². The molecule has 98 valence electrons. The molecule has 19 heavy (non-hydrogen) atoms. The van der Waals surface area contributed by atoms with Gasteiger partial charge in [0.25, 0.3) is 0 Å². The summed E-state index contributed by atoms with van der Waals surface area (Å²) < 4.78 is 0. The summed E-state index contributed by atoms with van der Waals surface area (Å²) in [6.07, 6.45) is 4.91. The van der Waals surface area contributed by atoms with Crippen molar-refractivity contribution in [1.29, 1.82) is 0 Å². The van der Waals surface area contributed by atoms with E-state index in [1.807, 2.05) is 19.1 Å². The molecule has 2 heterocycles. The minimum Gasteiger partial charge on any atom is -0.393 e. The van der Waals surface area contributed by atoms with Crippen LogP contribution < -0.4 is 16.4 Å². The smallest absolute Gasteiger partial charge is 0.160 e. The molecular weight excluding hydrogens is 240 g/mol. The number of aryl methyl sites for hydroxylation is 1. The highest BCUT2D eigenvalue weighted by Gasteiger charge is 2.07. The number of nitrogens with zero attached hydrogens (tertiary/aromatic N) is 3. The topological polar surface area (TPSA) is 88.8 Å². The Morgan fingerprint density at radius 2 is 2.11 bits per heavy atom. The lowest BCUT2D eigenvalue weighted by Gasteiger charge is -2.11. The molecule has 0 aliphatic heterocycles. The van der Waals surface area contributed by atoms with Gasteiger partial charge in [0.05, 0.1) is 0 Å². The van der Waals surface area contributed by atoms with Gasteiger partial charge in [0, 0.05) is 12.7 Å². The van der Waals surface area contributed by atoms with Gasteiger partial charge in [-0.25, -0.2) is 15.0 Å². The number of anilines is 4. The number of nitrogens with one attached hydrogen (secondary N) is 2. The molecule has 2 rings (SSSR count). The van der Waals surface area contributed by atoms with Crippen molar-refractivity contribution in [3.05, 3.63) is 42.9 Å². The zero-order valence-corrected chi connectivity index (χ0v) is 10.7. The Morgan fingerprint density at radius 3 is 2.84 bits per heavy atom. The highest BCUT2D eigenvalue weighted by Crippen LogP contribution is 2.24. The van der Waals surface area contributed by atoms with E-state index in [1.165, 1.54) is 6.33 Å². The predicted molar refractivity (Wildman–Crippen MR) is 77.4 cm³/mol. The molecule has 0 bridgehead atoms. The van der Waals surface area contributed by atoms with Crippen LogP contribution in [-0.4, -0.2) is 21.5 Å². The van der Waals surface area contributed by atoms with E-state index in [1.54, 1.807) is 12.3 Å². The van der Waals surface area contributed by atoms with Crippen LogP contribution in [0.1, 0.15) is 5.56 Å². The highest BCUT2D eigenvalue weighted by molar-refractivity contribution is 5.76. The van der Waals surface area contributed by atoms with Crippen molar-refractivity contribution in [2.75, 3.05) is 22.9 Å². The van der Waals surface area contributed by atoms with Crippen LogP contribution >= 0.6 is 0 Å². The maximum absolute atomic E-state index is 6.00. The van der Waals surface area contributed by atoms with Crippen LogP contribution in [0.3, 0.4) is 0 Å². The van der Waals surface area contributed by atoms with Gasteiger partial charge in [-0.3, -0.25) is 0 Å². The Kier molecular flexibility index (Phi) is 3.92. The summed E-state index contributed by atoms with van der Waals surface area (Å²) in [6, 6.07) is 3.84. The summed E-state index contributed by atoms with van der Waals surface area (Å²) in [7, 11) is 0. The Hall–Kier alpha value is -2.63. The van der Waals surface area contributed by atoms with Gasteiger partial charge in [-0.15, -0.1) is 6.58 Å². The lowest BCUT2D eigenvalue weighted by Crippen LogP contribution is -2.08. The second-order valence-electron chi connectivity index (χ2n) is 4.00. The molecule has 0 atom stereocenters. The van der Waals surface area contributed by atoms with E-state index in [9.17, 15) is 0 Å². The van der Waals surface area contributed by atoms with E-state index in [0.29, 0.717) is 29.7 Å². The number of rotatable bonds is 5. The molecule has 6 nitrogen and oxygen atoms in total. The van der Waals surface area contributed by atoms with Crippen LogP contribution in [0.4, 0.5) is 23.1 Å².